The third-order valence-corrected chi connectivity index (χ3v) is 11.2. The van der Waals surface area contributed by atoms with Gasteiger partial charge in [0.25, 0.3) is 7.82 Å². The van der Waals surface area contributed by atoms with Crippen LogP contribution in [-0.2, 0) is 18.4 Å². The van der Waals surface area contributed by atoms with Crippen LogP contribution in [0.2, 0.25) is 0 Å². The predicted octanol–water partition coefficient (Wildman–Crippen LogP) is 12.1. The predicted molar refractivity (Wildman–Crippen MR) is 257 cm³/mol. The molecule has 0 saturated heterocycles. The molecule has 0 aromatic rings. The van der Waals surface area contributed by atoms with E-state index in [9.17, 15) is 24.5 Å². The SMILES string of the molecule is CC/C=C\C/C=C\C/C=C\C/C=C\C/C=C\C/C=C\CCCCCCCCC(=O)NC(COP(=O)([O-])OCC[N+](C)(C)C)C(O)C(O)CCC/C=C/CCCCCCCCC. The summed E-state index contributed by atoms with van der Waals surface area (Å²) in [4.78, 5) is 25.4. The number of likely N-dealkylation sites (N-methyl/N-ethyl adjacent to an activating group) is 1. The largest absolute Gasteiger partial charge is 0.756 e. The van der Waals surface area contributed by atoms with E-state index in [1.54, 1.807) is 0 Å². The van der Waals surface area contributed by atoms with Crippen LogP contribution in [0.3, 0.4) is 0 Å². The number of phosphoric acid groups is 1. The Kier molecular flexibility index (Phi) is 40.0. The molecule has 0 aliphatic heterocycles. The maximum Gasteiger partial charge on any atom is 0.268 e. The van der Waals surface area contributed by atoms with Crippen molar-refractivity contribution in [1.82, 2.24) is 5.32 Å². The summed E-state index contributed by atoms with van der Waals surface area (Å²) < 4.78 is 23.1. The minimum Gasteiger partial charge on any atom is -0.756 e. The fraction of sp³-hybridized carbons (Fsp3) is 0.706. The molecule has 0 aromatic heterocycles. The highest BCUT2D eigenvalue weighted by molar-refractivity contribution is 7.45. The second-order valence-electron chi connectivity index (χ2n) is 17.2. The van der Waals surface area contributed by atoms with Crippen LogP contribution in [0.25, 0.3) is 0 Å². The first-order valence-electron chi connectivity index (χ1n) is 24.0. The number of carbonyl (C=O) groups is 1. The van der Waals surface area contributed by atoms with E-state index in [-0.39, 0.29) is 18.9 Å². The normalized spacial score (nSPS) is 15.5. The maximum atomic E-state index is 12.9. The van der Waals surface area contributed by atoms with Gasteiger partial charge in [-0.2, -0.15) is 0 Å². The monoisotopic (exact) mass is 875 g/mol. The second-order valence-corrected chi connectivity index (χ2v) is 18.6. The fourth-order valence-corrected chi connectivity index (χ4v) is 7.10. The number of nitrogens with zero attached hydrogens (tertiary/aromatic N) is 1. The summed E-state index contributed by atoms with van der Waals surface area (Å²) in [6.45, 7) is 4.26. The van der Waals surface area contributed by atoms with E-state index in [1.165, 1.54) is 44.9 Å². The zero-order valence-electron chi connectivity index (χ0n) is 39.4. The van der Waals surface area contributed by atoms with E-state index >= 15 is 0 Å². The Balaban J connectivity index is 4.45. The summed E-state index contributed by atoms with van der Waals surface area (Å²) in [6.07, 6.45) is 53.4. The third kappa shape index (κ3) is 42.7. The highest BCUT2D eigenvalue weighted by atomic mass is 31.2. The Morgan fingerprint density at radius 2 is 1.03 bits per heavy atom. The van der Waals surface area contributed by atoms with Gasteiger partial charge in [0, 0.05) is 6.42 Å². The van der Waals surface area contributed by atoms with Crippen molar-refractivity contribution in [2.45, 2.75) is 193 Å². The molecular weight excluding hydrogens is 784 g/mol. The lowest BCUT2D eigenvalue weighted by Crippen LogP contribution is -2.51. The van der Waals surface area contributed by atoms with Gasteiger partial charge in [0.05, 0.1) is 39.9 Å². The zero-order valence-corrected chi connectivity index (χ0v) is 40.3. The van der Waals surface area contributed by atoms with E-state index in [0.29, 0.717) is 30.3 Å². The van der Waals surface area contributed by atoms with E-state index < -0.39 is 32.7 Å². The van der Waals surface area contributed by atoms with E-state index in [1.807, 2.05) is 21.1 Å². The van der Waals surface area contributed by atoms with Crippen LogP contribution in [-0.4, -0.2) is 79.8 Å². The first-order valence-corrected chi connectivity index (χ1v) is 25.5. The topological polar surface area (TPSA) is 128 Å². The summed E-state index contributed by atoms with van der Waals surface area (Å²) in [6, 6.07) is -1.10. The average molecular weight is 875 g/mol. The van der Waals surface area contributed by atoms with Crippen molar-refractivity contribution in [3.05, 3.63) is 85.1 Å². The molecule has 0 fully saturated rings. The van der Waals surface area contributed by atoms with Crippen molar-refractivity contribution in [3.63, 3.8) is 0 Å². The Hall–Kier alpha value is -2.36. The lowest BCUT2D eigenvalue weighted by atomic mass is 10.0. The minimum atomic E-state index is -4.68. The molecule has 0 bridgehead atoms. The smallest absolute Gasteiger partial charge is 0.268 e. The molecule has 4 unspecified atom stereocenters. The quantitative estimate of drug-likeness (QED) is 0.0241. The molecule has 9 nitrogen and oxygen atoms in total. The van der Waals surface area contributed by atoms with Crippen LogP contribution in [0.4, 0.5) is 0 Å². The number of carbonyl (C=O) groups excluding carboxylic acids is 1. The highest BCUT2D eigenvalue weighted by Gasteiger charge is 2.29. The number of allylic oxidation sites excluding steroid dienone is 14. The van der Waals surface area contributed by atoms with Crippen molar-refractivity contribution in [1.29, 1.82) is 0 Å². The van der Waals surface area contributed by atoms with Gasteiger partial charge in [-0.3, -0.25) is 9.36 Å². The average Bonchev–Trinajstić information content (AvgIpc) is 3.21. The summed E-state index contributed by atoms with van der Waals surface area (Å²) >= 11 is 0. The molecule has 1 amide bonds. The van der Waals surface area contributed by atoms with Gasteiger partial charge in [-0.25, -0.2) is 0 Å². The highest BCUT2D eigenvalue weighted by Crippen LogP contribution is 2.38. The number of hydrogen-bond donors (Lipinski definition) is 3. The van der Waals surface area contributed by atoms with Crippen LogP contribution in [0.15, 0.2) is 85.1 Å². The summed E-state index contributed by atoms with van der Waals surface area (Å²) in [5, 5.41) is 24.6. The number of hydrogen-bond acceptors (Lipinski definition) is 7. The van der Waals surface area contributed by atoms with Gasteiger partial charge in [0.15, 0.2) is 0 Å². The summed E-state index contributed by atoms with van der Waals surface area (Å²) in [5.41, 5.74) is 0. The molecular formula is C51H91N2O7P. The lowest BCUT2D eigenvalue weighted by molar-refractivity contribution is -0.870. The second kappa shape index (κ2) is 41.6. The van der Waals surface area contributed by atoms with Crippen molar-refractivity contribution >= 4 is 13.7 Å². The van der Waals surface area contributed by atoms with Crippen molar-refractivity contribution in [2.75, 3.05) is 40.9 Å². The van der Waals surface area contributed by atoms with Gasteiger partial charge in [-0.1, -0.05) is 163 Å². The van der Waals surface area contributed by atoms with Crippen LogP contribution >= 0.6 is 7.82 Å². The van der Waals surface area contributed by atoms with Gasteiger partial charge >= 0.3 is 0 Å². The maximum absolute atomic E-state index is 12.9. The van der Waals surface area contributed by atoms with Gasteiger partial charge in [0.1, 0.15) is 19.3 Å². The molecule has 61 heavy (non-hydrogen) atoms. The molecule has 352 valence electrons. The van der Waals surface area contributed by atoms with Gasteiger partial charge in [-0.05, 0) is 89.9 Å². The van der Waals surface area contributed by atoms with Crippen LogP contribution < -0.4 is 10.2 Å². The van der Waals surface area contributed by atoms with Gasteiger partial charge < -0.3 is 34.0 Å². The van der Waals surface area contributed by atoms with E-state index in [0.717, 1.165) is 89.9 Å². The minimum absolute atomic E-state index is 0.0541. The number of aliphatic hydroxyl groups excluding tert-OH is 2. The molecule has 0 aromatic carbocycles. The third-order valence-electron chi connectivity index (χ3n) is 10.2. The first kappa shape index (κ1) is 58.6. The molecule has 0 saturated carbocycles. The lowest BCUT2D eigenvalue weighted by Gasteiger charge is -2.31. The number of quaternary nitrogens is 1. The first-order chi connectivity index (χ1) is 29.4. The number of nitrogens with one attached hydrogen (secondary N) is 1. The molecule has 0 rings (SSSR count). The Bertz CT molecular complexity index is 1280. The molecule has 0 radical (unpaired) electrons. The van der Waals surface area contributed by atoms with Crippen LogP contribution in [0, 0.1) is 0 Å². The van der Waals surface area contributed by atoms with Crippen molar-refractivity contribution in [3.8, 4) is 0 Å². The molecule has 0 spiro atoms. The number of unbranched alkanes of at least 4 members (excludes halogenated alkanes) is 14. The number of phosphoric ester groups is 1. The van der Waals surface area contributed by atoms with Crippen molar-refractivity contribution < 1.29 is 38.0 Å². The molecule has 3 N–H and O–H groups in total. The van der Waals surface area contributed by atoms with Crippen LogP contribution in [0.5, 0.6) is 0 Å². The van der Waals surface area contributed by atoms with E-state index in [2.05, 4.69) is 104 Å². The fourth-order valence-electron chi connectivity index (χ4n) is 6.37. The Morgan fingerprint density at radius 3 is 1.52 bits per heavy atom. The molecule has 0 aliphatic rings. The van der Waals surface area contributed by atoms with E-state index in [4.69, 9.17) is 9.05 Å². The molecule has 4 atom stereocenters. The number of rotatable bonds is 42. The summed E-state index contributed by atoms with van der Waals surface area (Å²) in [7, 11) is 1.08. The Labute approximate surface area is 374 Å². The molecule has 0 heterocycles. The van der Waals surface area contributed by atoms with Gasteiger partial charge in [0.2, 0.25) is 5.91 Å². The number of aliphatic hydroxyl groups is 2. The van der Waals surface area contributed by atoms with Crippen molar-refractivity contribution in [2.24, 2.45) is 0 Å². The van der Waals surface area contributed by atoms with Gasteiger partial charge in [-0.15, -0.1) is 0 Å². The molecule has 10 heteroatoms. The standard InChI is InChI=1S/C51H91N2O7P/c1-6-8-10-12-14-16-18-20-21-22-23-24-25-26-27-28-29-30-31-32-34-36-38-40-42-44-50(55)52-48(47-60-61(57,58)59-46-45-53(3,4)5)51(56)49(54)43-41-39-37-35-33-19-17-15-13-11-9-7-2/h8,10,14,16,20-21,23-24,26-27,29-30,35,37,48-49,51,54,56H,6-7,9,11-13,15,17-19,22,25,28,31-34,36,38-47H2,1-5H3,(H-,52,55,57,58)/b10-8-,16-14-,21-20-,24-23-,27-26-,30-29-,37-35+. The zero-order chi connectivity index (χ0) is 45.1. The molecule has 0 aliphatic carbocycles. The summed E-state index contributed by atoms with van der Waals surface area (Å²) in [5.74, 6) is -0.308. The Morgan fingerprint density at radius 1 is 0.607 bits per heavy atom. The van der Waals surface area contributed by atoms with Crippen LogP contribution in [0.1, 0.15) is 174 Å². The number of amides is 1.